The Labute approximate surface area is 189 Å². The fourth-order valence-corrected chi connectivity index (χ4v) is 3.85. The Bertz CT molecular complexity index is 1240. The number of hydrogen-bond acceptors (Lipinski definition) is 4. The summed E-state index contributed by atoms with van der Waals surface area (Å²) in [7, 11) is 0. The van der Waals surface area contributed by atoms with Gasteiger partial charge in [-0.15, -0.1) is 11.3 Å². The second-order valence-corrected chi connectivity index (χ2v) is 8.03. The van der Waals surface area contributed by atoms with E-state index < -0.39 is 35.3 Å². The number of anilines is 3. The van der Waals surface area contributed by atoms with Crippen LogP contribution in [0.3, 0.4) is 0 Å². The van der Waals surface area contributed by atoms with Gasteiger partial charge in [-0.2, -0.15) is 13.2 Å². The van der Waals surface area contributed by atoms with Gasteiger partial charge in [-0.05, 0) is 55.0 Å². The molecular formula is C22H17F4N3O3S. The van der Waals surface area contributed by atoms with Gasteiger partial charge in [0.1, 0.15) is 5.82 Å². The first-order valence-electron chi connectivity index (χ1n) is 9.41. The first kappa shape index (κ1) is 23.9. The molecule has 0 bridgehead atoms. The van der Waals surface area contributed by atoms with Gasteiger partial charge < -0.3 is 16.0 Å². The van der Waals surface area contributed by atoms with E-state index in [-0.39, 0.29) is 26.8 Å². The normalized spacial score (nSPS) is 11.1. The molecule has 0 fully saturated rings. The third kappa shape index (κ3) is 5.95. The molecule has 3 aromatic rings. The number of alkyl halides is 3. The smallest absolute Gasteiger partial charge is 0.325 e. The average Bonchev–Trinajstić information content (AvgIpc) is 3.08. The van der Waals surface area contributed by atoms with E-state index in [0.29, 0.717) is 5.56 Å². The van der Waals surface area contributed by atoms with E-state index in [1.807, 2.05) is 0 Å². The van der Waals surface area contributed by atoms with E-state index in [4.69, 9.17) is 0 Å². The topological polar surface area (TPSA) is 87.3 Å². The molecule has 11 heteroatoms. The highest BCUT2D eigenvalue weighted by atomic mass is 32.1. The number of carbonyl (C=O) groups is 3. The fourth-order valence-electron chi connectivity index (χ4n) is 2.88. The van der Waals surface area contributed by atoms with Crippen molar-refractivity contribution in [3.05, 3.63) is 75.9 Å². The number of aryl methyl sites for hydroxylation is 1. The predicted molar refractivity (Wildman–Crippen MR) is 117 cm³/mol. The lowest BCUT2D eigenvalue weighted by molar-refractivity contribution is -0.137. The van der Waals surface area contributed by atoms with Crippen molar-refractivity contribution >= 4 is 45.4 Å². The number of benzene rings is 2. The SMILES string of the molecule is CC(=O)Nc1ccc(C(F)(F)F)cc1NC(=O)c1sc(NC(=O)c2cccc(F)c2)cc1C. The fraction of sp³-hybridized carbons (Fsp3) is 0.136. The lowest BCUT2D eigenvalue weighted by atomic mass is 10.1. The number of thiophene rings is 1. The summed E-state index contributed by atoms with van der Waals surface area (Å²) in [6, 6.07) is 9.12. The van der Waals surface area contributed by atoms with Gasteiger partial charge in [0.15, 0.2) is 0 Å². The molecule has 0 aliphatic rings. The molecule has 33 heavy (non-hydrogen) atoms. The van der Waals surface area contributed by atoms with Gasteiger partial charge in [0.2, 0.25) is 5.91 Å². The van der Waals surface area contributed by atoms with Crippen molar-refractivity contribution in [2.75, 3.05) is 16.0 Å². The van der Waals surface area contributed by atoms with Crippen molar-refractivity contribution in [1.82, 2.24) is 0 Å². The predicted octanol–water partition coefficient (Wildman–Crippen LogP) is 5.68. The monoisotopic (exact) mass is 479 g/mol. The largest absolute Gasteiger partial charge is 0.416 e. The molecule has 0 unspecified atom stereocenters. The van der Waals surface area contributed by atoms with Gasteiger partial charge in [0.05, 0.1) is 26.8 Å². The molecule has 3 amide bonds. The molecule has 3 rings (SSSR count). The summed E-state index contributed by atoms with van der Waals surface area (Å²) in [4.78, 5) is 36.6. The third-order valence-corrected chi connectivity index (χ3v) is 5.50. The van der Waals surface area contributed by atoms with Crippen LogP contribution in [0.5, 0.6) is 0 Å². The molecule has 0 spiro atoms. The molecule has 0 atom stereocenters. The maximum atomic E-state index is 13.3. The van der Waals surface area contributed by atoms with Crippen LogP contribution in [0.4, 0.5) is 33.9 Å². The summed E-state index contributed by atoms with van der Waals surface area (Å²) < 4.78 is 52.7. The van der Waals surface area contributed by atoms with Crippen LogP contribution in [0.25, 0.3) is 0 Å². The van der Waals surface area contributed by atoms with Crippen LogP contribution in [-0.4, -0.2) is 17.7 Å². The van der Waals surface area contributed by atoms with Crippen molar-refractivity contribution in [2.24, 2.45) is 0 Å². The number of hydrogen-bond donors (Lipinski definition) is 3. The molecule has 0 aliphatic heterocycles. The molecule has 0 saturated carbocycles. The molecule has 1 heterocycles. The van der Waals surface area contributed by atoms with Crippen molar-refractivity contribution in [1.29, 1.82) is 0 Å². The van der Waals surface area contributed by atoms with E-state index in [9.17, 15) is 31.9 Å². The van der Waals surface area contributed by atoms with Crippen LogP contribution in [0, 0.1) is 12.7 Å². The first-order chi connectivity index (χ1) is 15.4. The average molecular weight is 479 g/mol. The van der Waals surface area contributed by atoms with Crippen molar-refractivity contribution in [3.8, 4) is 0 Å². The highest BCUT2D eigenvalue weighted by Crippen LogP contribution is 2.35. The minimum absolute atomic E-state index is 0.00214. The molecule has 0 radical (unpaired) electrons. The second kappa shape index (κ2) is 9.41. The van der Waals surface area contributed by atoms with Gasteiger partial charge in [-0.3, -0.25) is 14.4 Å². The van der Waals surface area contributed by atoms with Crippen LogP contribution < -0.4 is 16.0 Å². The van der Waals surface area contributed by atoms with Crippen LogP contribution in [-0.2, 0) is 11.0 Å². The molecule has 2 aromatic carbocycles. The molecular weight excluding hydrogens is 462 g/mol. The molecule has 0 saturated heterocycles. The van der Waals surface area contributed by atoms with Gasteiger partial charge in [0.25, 0.3) is 11.8 Å². The number of rotatable bonds is 5. The van der Waals surface area contributed by atoms with Gasteiger partial charge in [-0.25, -0.2) is 4.39 Å². The maximum Gasteiger partial charge on any atom is 0.416 e. The number of nitrogens with one attached hydrogen (secondary N) is 3. The lowest BCUT2D eigenvalue weighted by Gasteiger charge is -2.14. The van der Waals surface area contributed by atoms with E-state index in [0.717, 1.165) is 35.6 Å². The molecule has 172 valence electrons. The number of halogens is 4. The van der Waals surface area contributed by atoms with Crippen molar-refractivity contribution in [2.45, 2.75) is 20.0 Å². The van der Waals surface area contributed by atoms with Crippen LogP contribution in [0.1, 0.15) is 38.1 Å². The zero-order valence-corrected chi connectivity index (χ0v) is 18.1. The molecule has 6 nitrogen and oxygen atoms in total. The standard InChI is InChI=1S/C22H17F4N3O3S/c1-11-8-18(29-20(31)13-4-3-5-15(23)9-13)33-19(11)21(32)28-17-10-14(22(24,25)26)6-7-16(17)27-12(2)30/h3-10H,1-2H3,(H,27,30)(H,28,32)(H,29,31). The van der Waals surface area contributed by atoms with Gasteiger partial charge in [0, 0.05) is 12.5 Å². The Kier molecular flexibility index (Phi) is 6.82. The number of carbonyl (C=O) groups excluding carboxylic acids is 3. The van der Waals surface area contributed by atoms with Crippen LogP contribution in [0.15, 0.2) is 48.5 Å². The van der Waals surface area contributed by atoms with Crippen LogP contribution in [0.2, 0.25) is 0 Å². The third-order valence-electron chi connectivity index (χ3n) is 4.35. The molecule has 3 N–H and O–H groups in total. The summed E-state index contributed by atoms with van der Waals surface area (Å²) in [5.41, 5.74) is -0.699. The van der Waals surface area contributed by atoms with Crippen molar-refractivity contribution in [3.63, 3.8) is 0 Å². The Morgan fingerprint density at radius 2 is 1.61 bits per heavy atom. The van der Waals surface area contributed by atoms with Gasteiger partial charge >= 0.3 is 6.18 Å². The van der Waals surface area contributed by atoms with E-state index in [1.54, 1.807) is 6.92 Å². The molecule has 0 aliphatic carbocycles. The van der Waals surface area contributed by atoms with Gasteiger partial charge in [-0.1, -0.05) is 6.07 Å². The summed E-state index contributed by atoms with van der Waals surface area (Å²) in [6.45, 7) is 2.77. The minimum Gasteiger partial charge on any atom is -0.325 e. The maximum absolute atomic E-state index is 13.3. The summed E-state index contributed by atoms with van der Waals surface area (Å²) in [5.74, 6) is -2.43. The van der Waals surface area contributed by atoms with Crippen LogP contribution >= 0.6 is 11.3 Å². The summed E-state index contributed by atoms with van der Waals surface area (Å²) in [5, 5.41) is 7.61. The Morgan fingerprint density at radius 1 is 0.879 bits per heavy atom. The summed E-state index contributed by atoms with van der Waals surface area (Å²) in [6.07, 6.45) is -4.65. The Morgan fingerprint density at radius 3 is 2.24 bits per heavy atom. The highest BCUT2D eigenvalue weighted by molar-refractivity contribution is 7.18. The molecule has 1 aromatic heterocycles. The lowest BCUT2D eigenvalue weighted by Crippen LogP contribution is -2.16. The summed E-state index contributed by atoms with van der Waals surface area (Å²) >= 11 is 0.896. The van der Waals surface area contributed by atoms with E-state index in [1.165, 1.54) is 31.2 Å². The number of amides is 3. The Balaban J connectivity index is 1.84. The highest BCUT2D eigenvalue weighted by Gasteiger charge is 2.31. The first-order valence-corrected chi connectivity index (χ1v) is 10.2. The Hall–Kier alpha value is -3.73. The van der Waals surface area contributed by atoms with E-state index >= 15 is 0 Å². The minimum atomic E-state index is -4.65. The quantitative estimate of drug-likeness (QED) is 0.412. The second-order valence-electron chi connectivity index (χ2n) is 6.98. The van der Waals surface area contributed by atoms with Crippen molar-refractivity contribution < 1.29 is 31.9 Å². The van der Waals surface area contributed by atoms with E-state index in [2.05, 4.69) is 16.0 Å². The zero-order valence-electron chi connectivity index (χ0n) is 17.3. The zero-order chi connectivity index (χ0) is 24.3.